The summed E-state index contributed by atoms with van der Waals surface area (Å²) in [7, 11) is 0. The highest BCUT2D eigenvalue weighted by molar-refractivity contribution is 5.96. The maximum absolute atomic E-state index is 13.4. The minimum Gasteiger partial charge on any atom is -0.366 e. The number of rotatable bonds is 21. The maximum atomic E-state index is 13.4. The summed E-state index contributed by atoms with van der Waals surface area (Å²) in [5.74, 6) is -1.02. The lowest BCUT2D eigenvalue weighted by Gasteiger charge is -2.26. The van der Waals surface area contributed by atoms with Crippen molar-refractivity contribution in [2.24, 2.45) is 11.5 Å². The molecule has 2 aliphatic rings. The van der Waals surface area contributed by atoms with Crippen molar-refractivity contribution < 1.29 is 19.2 Å². The topological polar surface area (TPSA) is 151 Å². The molecule has 0 aromatic heterocycles. The first-order chi connectivity index (χ1) is 24.3. The molecule has 50 heavy (non-hydrogen) atoms. The lowest BCUT2D eigenvalue weighted by atomic mass is 10.0. The molecule has 0 saturated heterocycles. The molecule has 2 unspecified atom stereocenters. The van der Waals surface area contributed by atoms with Gasteiger partial charge >= 0.3 is 0 Å². The van der Waals surface area contributed by atoms with Gasteiger partial charge in [-0.2, -0.15) is 0 Å². The average Bonchev–Trinajstić information content (AvgIpc) is 3.14. The van der Waals surface area contributed by atoms with Crippen molar-refractivity contribution in [1.29, 1.82) is 0 Å². The van der Waals surface area contributed by atoms with Gasteiger partial charge in [-0.05, 0) is 62.1 Å². The van der Waals surface area contributed by atoms with Crippen LogP contribution in [0.1, 0.15) is 62.5 Å². The molecule has 2 aromatic carbocycles. The molecular formula is C40H52N6O4. The van der Waals surface area contributed by atoms with Crippen LogP contribution >= 0.6 is 0 Å². The Hall–Kier alpha value is -4.80. The lowest BCUT2D eigenvalue weighted by Crippen LogP contribution is -2.47. The molecular weight excluding hydrogens is 628 g/mol. The van der Waals surface area contributed by atoms with Gasteiger partial charge in [0, 0.05) is 36.6 Å². The van der Waals surface area contributed by atoms with E-state index >= 15 is 0 Å². The quantitative estimate of drug-likeness (QED) is 0.146. The molecule has 266 valence electrons. The van der Waals surface area contributed by atoms with Crippen molar-refractivity contribution in [1.82, 2.24) is 20.4 Å². The van der Waals surface area contributed by atoms with Gasteiger partial charge in [0.25, 0.3) is 0 Å². The molecule has 0 radical (unpaired) electrons. The van der Waals surface area contributed by atoms with E-state index in [9.17, 15) is 19.2 Å². The smallest absolute Gasteiger partial charge is 0.248 e. The monoisotopic (exact) mass is 680 g/mol. The van der Waals surface area contributed by atoms with Crippen molar-refractivity contribution in [2.75, 3.05) is 26.2 Å². The second kappa shape index (κ2) is 20.7. The number of hydrogen-bond acceptors (Lipinski definition) is 6. The van der Waals surface area contributed by atoms with Crippen LogP contribution in [0.4, 0.5) is 0 Å². The number of nitrogens with one attached hydrogen (secondary N) is 2. The Balaban J connectivity index is 1.11. The Morgan fingerprint density at radius 2 is 0.920 bits per heavy atom. The zero-order valence-electron chi connectivity index (χ0n) is 29.0. The third-order valence-electron chi connectivity index (χ3n) is 9.07. The number of nitrogens with two attached hydrogens (primary N) is 2. The Bertz CT molecular complexity index is 1420. The first kappa shape index (κ1) is 38.0. The highest BCUT2D eigenvalue weighted by atomic mass is 16.2. The van der Waals surface area contributed by atoms with E-state index in [1.165, 1.54) is 12.8 Å². The Morgan fingerprint density at radius 3 is 1.24 bits per heavy atom. The standard InChI is InChI=1S/C40H52N6O4/c41-37(47)33-19-25-45(26-20-33)39(49)35(29-31-15-9-7-10-16-31)43-23-13-5-3-1-2-4-6-14-24-44-36(30-32-17-11-8-12-18-32)40(50)46-27-21-34(22-28-46)38(42)48/h7-12,15-22,25,27,35-36,43-44H,1-6,13-14,23-24,26,28-30H2,(H2,41,47)(H2,42,48). The molecule has 2 aromatic rings. The van der Waals surface area contributed by atoms with Crippen molar-refractivity contribution >= 4 is 23.6 Å². The van der Waals surface area contributed by atoms with Crippen LogP contribution in [0.15, 0.2) is 109 Å². The first-order valence-corrected chi connectivity index (χ1v) is 17.8. The number of amides is 4. The van der Waals surface area contributed by atoms with Crippen molar-refractivity contribution in [3.8, 4) is 0 Å². The van der Waals surface area contributed by atoms with Crippen LogP contribution in [0, 0.1) is 0 Å². The number of unbranched alkanes of at least 4 members (excludes halogenated alkanes) is 7. The number of hydrogen-bond donors (Lipinski definition) is 4. The molecule has 6 N–H and O–H groups in total. The maximum Gasteiger partial charge on any atom is 0.248 e. The SMILES string of the molecule is NC(=O)C1=CCN(C(=O)C(Cc2ccccc2)NCCCCCCCCCCNC(Cc2ccccc2)C(=O)N2C=CC(C(N)=O)=CC2)C=C1. The molecule has 10 heteroatoms. The van der Waals surface area contributed by atoms with Crippen molar-refractivity contribution in [3.63, 3.8) is 0 Å². The fourth-order valence-corrected chi connectivity index (χ4v) is 6.14. The van der Waals surface area contributed by atoms with E-state index in [-0.39, 0.29) is 23.9 Å². The summed E-state index contributed by atoms with van der Waals surface area (Å²) in [5, 5.41) is 6.97. The molecule has 0 aliphatic carbocycles. The van der Waals surface area contributed by atoms with E-state index < -0.39 is 11.8 Å². The van der Waals surface area contributed by atoms with Gasteiger partial charge in [0.15, 0.2) is 0 Å². The summed E-state index contributed by atoms with van der Waals surface area (Å²) in [5.41, 5.74) is 13.8. The fraction of sp³-hybridized carbons (Fsp3) is 0.400. The Kier molecular flexibility index (Phi) is 15.7. The van der Waals surface area contributed by atoms with E-state index in [0.717, 1.165) is 62.7 Å². The summed E-state index contributed by atoms with van der Waals surface area (Å²) in [4.78, 5) is 52.9. The number of carbonyl (C=O) groups is 4. The van der Waals surface area contributed by atoms with Gasteiger partial charge in [-0.1, -0.05) is 111 Å². The third kappa shape index (κ3) is 12.6. The van der Waals surface area contributed by atoms with Crippen LogP contribution in [0.2, 0.25) is 0 Å². The predicted molar refractivity (Wildman–Crippen MR) is 197 cm³/mol. The average molecular weight is 681 g/mol. The Morgan fingerprint density at radius 1 is 0.560 bits per heavy atom. The van der Waals surface area contributed by atoms with Gasteiger partial charge in [0.1, 0.15) is 0 Å². The highest BCUT2D eigenvalue weighted by Crippen LogP contribution is 2.14. The number of nitrogens with zero attached hydrogens (tertiary/aromatic N) is 2. The van der Waals surface area contributed by atoms with Gasteiger partial charge in [-0.25, -0.2) is 0 Å². The molecule has 2 aliphatic heterocycles. The summed E-state index contributed by atoms with van der Waals surface area (Å²) < 4.78 is 0. The number of primary amides is 2. The fourth-order valence-electron chi connectivity index (χ4n) is 6.14. The van der Waals surface area contributed by atoms with Gasteiger partial charge in [0.05, 0.1) is 12.1 Å². The molecule has 2 atom stereocenters. The summed E-state index contributed by atoms with van der Waals surface area (Å²) in [6.07, 6.45) is 19.9. The predicted octanol–water partition coefficient (Wildman–Crippen LogP) is 4.04. The van der Waals surface area contributed by atoms with E-state index in [2.05, 4.69) is 10.6 Å². The molecule has 0 saturated carbocycles. The molecule has 4 rings (SSSR count). The van der Waals surface area contributed by atoms with E-state index in [1.54, 1.807) is 46.5 Å². The second-order valence-corrected chi connectivity index (χ2v) is 12.9. The van der Waals surface area contributed by atoms with E-state index in [0.29, 0.717) is 37.1 Å². The van der Waals surface area contributed by atoms with Crippen LogP contribution in [0.3, 0.4) is 0 Å². The second-order valence-electron chi connectivity index (χ2n) is 12.9. The highest BCUT2D eigenvalue weighted by Gasteiger charge is 2.25. The van der Waals surface area contributed by atoms with E-state index in [4.69, 9.17) is 11.5 Å². The summed E-state index contributed by atoms with van der Waals surface area (Å²) in [6.45, 7) is 2.18. The molecule has 0 spiro atoms. The van der Waals surface area contributed by atoms with Gasteiger partial charge in [-0.15, -0.1) is 0 Å². The Labute approximate surface area is 296 Å². The number of carbonyl (C=O) groups excluding carboxylic acids is 4. The lowest BCUT2D eigenvalue weighted by molar-refractivity contribution is -0.131. The molecule has 0 fully saturated rings. The minimum atomic E-state index is -0.492. The minimum absolute atomic E-state index is 0.0191. The number of benzene rings is 2. The molecule has 2 heterocycles. The molecule has 0 bridgehead atoms. The summed E-state index contributed by atoms with van der Waals surface area (Å²) >= 11 is 0. The molecule has 4 amide bonds. The van der Waals surface area contributed by atoms with Crippen molar-refractivity contribution in [2.45, 2.75) is 76.3 Å². The normalized spacial score (nSPS) is 15.3. The third-order valence-corrected chi connectivity index (χ3v) is 9.07. The first-order valence-electron chi connectivity index (χ1n) is 17.8. The van der Waals surface area contributed by atoms with Crippen LogP contribution in [-0.4, -0.2) is 71.7 Å². The van der Waals surface area contributed by atoms with Crippen LogP contribution in [0.25, 0.3) is 0 Å². The van der Waals surface area contributed by atoms with Gasteiger partial charge in [-0.3, -0.25) is 19.2 Å². The van der Waals surface area contributed by atoms with Crippen LogP contribution < -0.4 is 22.1 Å². The largest absolute Gasteiger partial charge is 0.366 e. The zero-order chi connectivity index (χ0) is 35.6. The van der Waals surface area contributed by atoms with Gasteiger partial charge < -0.3 is 31.9 Å². The van der Waals surface area contributed by atoms with Gasteiger partial charge in [0.2, 0.25) is 23.6 Å². The zero-order valence-corrected chi connectivity index (χ0v) is 29.0. The van der Waals surface area contributed by atoms with Crippen LogP contribution in [0.5, 0.6) is 0 Å². The summed E-state index contributed by atoms with van der Waals surface area (Å²) in [6, 6.07) is 19.3. The molecule has 10 nitrogen and oxygen atoms in total. The van der Waals surface area contributed by atoms with E-state index in [1.807, 2.05) is 60.7 Å². The van der Waals surface area contributed by atoms with Crippen LogP contribution in [-0.2, 0) is 32.0 Å². The van der Waals surface area contributed by atoms with Crippen molar-refractivity contribution in [3.05, 3.63) is 120 Å².